The number of anilines is 2. The van der Waals surface area contributed by atoms with Crippen molar-refractivity contribution in [3.05, 3.63) is 54.1 Å². The molecule has 3 atom stereocenters. The third kappa shape index (κ3) is 6.64. The largest absolute Gasteiger partial charge is 0.485 e. The number of ether oxygens (including phenoxy) is 1. The lowest BCUT2D eigenvalue weighted by Gasteiger charge is -2.38. The van der Waals surface area contributed by atoms with Gasteiger partial charge in [0.1, 0.15) is 6.10 Å². The standard InChI is InChI=1S/C24H32N4O6S/c1-16-13-28(17(2)15-29)23(30)19-11-8-12-20(26-35(4,32)33)22(19)34-21(16)14-27(3)24(31)25-18-9-6-5-7-10-18/h5-12,16-17,21,26,29H,13-15H2,1-4H3,(H,25,31)/t16-,17+,21+/m1/s1. The summed E-state index contributed by atoms with van der Waals surface area (Å²) in [6.45, 7) is 3.83. The van der Waals surface area contributed by atoms with Gasteiger partial charge in [-0.15, -0.1) is 0 Å². The third-order valence-corrected chi connectivity index (χ3v) is 6.40. The smallest absolute Gasteiger partial charge is 0.321 e. The molecule has 0 unspecified atom stereocenters. The molecule has 3 N–H and O–H groups in total. The number of hydrogen-bond donors (Lipinski definition) is 3. The molecule has 0 saturated carbocycles. The Morgan fingerprint density at radius 2 is 1.91 bits per heavy atom. The number of amides is 3. The molecular weight excluding hydrogens is 472 g/mol. The fraction of sp³-hybridized carbons (Fsp3) is 0.417. The first-order valence-corrected chi connectivity index (χ1v) is 13.2. The molecule has 0 fully saturated rings. The minimum Gasteiger partial charge on any atom is -0.485 e. The second-order valence-corrected chi connectivity index (χ2v) is 10.6. The highest BCUT2D eigenvalue weighted by Gasteiger charge is 2.35. The van der Waals surface area contributed by atoms with Crippen LogP contribution >= 0.6 is 0 Å². The summed E-state index contributed by atoms with van der Waals surface area (Å²) in [6.07, 6.45) is 0.434. The maximum Gasteiger partial charge on any atom is 0.321 e. The van der Waals surface area contributed by atoms with E-state index >= 15 is 0 Å². The number of sulfonamides is 1. The van der Waals surface area contributed by atoms with E-state index < -0.39 is 22.2 Å². The monoisotopic (exact) mass is 504 g/mol. The molecule has 10 nitrogen and oxygen atoms in total. The Morgan fingerprint density at radius 3 is 2.54 bits per heavy atom. The zero-order valence-electron chi connectivity index (χ0n) is 20.3. The van der Waals surface area contributed by atoms with Crippen LogP contribution in [0.3, 0.4) is 0 Å². The van der Waals surface area contributed by atoms with Gasteiger partial charge in [-0.1, -0.05) is 31.2 Å². The van der Waals surface area contributed by atoms with E-state index in [1.54, 1.807) is 43.1 Å². The average molecular weight is 505 g/mol. The van der Waals surface area contributed by atoms with E-state index in [1.165, 1.54) is 11.0 Å². The Balaban J connectivity index is 1.95. The van der Waals surface area contributed by atoms with Crippen LogP contribution in [0.1, 0.15) is 24.2 Å². The zero-order valence-corrected chi connectivity index (χ0v) is 21.1. The molecule has 1 heterocycles. The van der Waals surface area contributed by atoms with Gasteiger partial charge < -0.3 is 25.0 Å². The van der Waals surface area contributed by atoms with Gasteiger partial charge in [-0.25, -0.2) is 13.2 Å². The van der Waals surface area contributed by atoms with Crippen LogP contribution < -0.4 is 14.8 Å². The van der Waals surface area contributed by atoms with Gasteiger partial charge >= 0.3 is 6.03 Å². The van der Waals surface area contributed by atoms with E-state index in [-0.39, 0.29) is 54.6 Å². The van der Waals surface area contributed by atoms with Crippen LogP contribution in [-0.4, -0.2) is 80.4 Å². The lowest BCUT2D eigenvalue weighted by Crippen LogP contribution is -2.50. The summed E-state index contributed by atoms with van der Waals surface area (Å²) < 4.78 is 32.6. The molecule has 3 rings (SSSR count). The molecule has 0 bridgehead atoms. The summed E-state index contributed by atoms with van der Waals surface area (Å²) in [7, 11) is -2.02. The van der Waals surface area contributed by atoms with Gasteiger partial charge in [0.25, 0.3) is 5.91 Å². The van der Waals surface area contributed by atoms with Crippen molar-refractivity contribution in [1.82, 2.24) is 9.80 Å². The van der Waals surface area contributed by atoms with E-state index in [1.807, 2.05) is 25.1 Å². The number of carbonyl (C=O) groups excluding carboxylic acids is 2. The molecule has 0 aromatic heterocycles. The number of aliphatic hydroxyl groups excluding tert-OH is 1. The van der Waals surface area contributed by atoms with Gasteiger partial charge in [0.2, 0.25) is 10.0 Å². The van der Waals surface area contributed by atoms with Gasteiger partial charge in [0, 0.05) is 25.2 Å². The van der Waals surface area contributed by atoms with Crippen LogP contribution in [0, 0.1) is 5.92 Å². The van der Waals surface area contributed by atoms with Gasteiger partial charge in [-0.3, -0.25) is 9.52 Å². The summed E-state index contributed by atoms with van der Waals surface area (Å²) in [6, 6.07) is 12.9. The highest BCUT2D eigenvalue weighted by molar-refractivity contribution is 7.92. The predicted molar refractivity (Wildman–Crippen MR) is 134 cm³/mol. The van der Waals surface area contributed by atoms with Crippen molar-refractivity contribution < 1.29 is 27.9 Å². The SMILES string of the molecule is C[C@@H]1CN([C@@H](C)CO)C(=O)c2cccc(NS(C)(=O)=O)c2O[C@H]1CN(C)C(=O)Nc1ccccc1. The van der Waals surface area contributed by atoms with E-state index in [0.717, 1.165) is 6.26 Å². The number of nitrogens with one attached hydrogen (secondary N) is 2. The Kier molecular flexibility index (Phi) is 8.23. The molecule has 0 saturated heterocycles. The van der Waals surface area contributed by atoms with E-state index in [0.29, 0.717) is 5.69 Å². The molecule has 0 aliphatic carbocycles. The summed E-state index contributed by atoms with van der Waals surface area (Å²) in [4.78, 5) is 29.2. The van der Waals surface area contributed by atoms with Crippen LogP contribution in [0.5, 0.6) is 5.75 Å². The van der Waals surface area contributed by atoms with Gasteiger partial charge in [0.05, 0.1) is 36.7 Å². The van der Waals surface area contributed by atoms with Crippen LogP contribution in [0.2, 0.25) is 0 Å². The van der Waals surface area contributed by atoms with E-state index in [4.69, 9.17) is 4.74 Å². The number of fused-ring (bicyclic) bond motifs is 1. The molecular formula is C24H32N4O6S. The number of rotatable bonds is 7. The molecule has 1 aliphatic rings. The Hall–Kier alpha value is -3.31. The maximum atomic E-state index is 13.4. The lowest BCUT2D eigenvalue weighted by atomic mass is 9.99. The van der Waals surface area contributed by atoms with Gasteiger partial charge in [0.15, 0.2) is 5.75 Å². The van der Waals surface area contributed by atoms with Crippen LogP contribution in [0.4, 0.5) is 16.2 Å². The quantitative estimate of drug-likeness (QED) is 0.531. The molecule has 0 spiro atoms. The number of nitrogens with zero attached hydrogens (tertiary/aromatic N) is 2. The van der Waals surface area contributed by atoms with Crippen molar-refractivity contribution in [2.45, 2.75) is 26.0 Å². The summed E-state index contributed by atoms with van der Waals surface area (Å²) in [5, 5.41) is 12.6. The van der Waals surface area contributed by atoms with Crippen molar-refractivity contribution in [3.8, 4) is 5.75 Å². The first-order chi connectivity index (χ1) is 16.5. The van der Waals surface area contributed by atoms with Crippen molar-refractivity contribution in [2.75, 3.05) is 43.0 Å². The number of urea groups is 1. The lowest BCUT2D eigenvalue weighted by molar-refractivity contribution is 0.0373. The number of hydrogen-bond acceptors (Lipinski definition) is 6. The minimum absolute atomic E-state index is 0.0893. The van der Waals surface area contributed by atoms with Gasteiger partial charge in [-0.05, 0) is 31.2 Å². The van der Waals surface area contributed by atoms with Crippen molar-refractivity contribution in [2.24, 2.45) is 5.92 Å². The molecule has 35 heavy (non-hydrogen) atoms. The number of benzene rings is 2. The summed E-state index contributed by atoms with van der Waals surface area (Å²) in [5.41, 5.74) is 0.951. The average Bonchev–Trinajstić information content (AvgIpc) is 2.80. The number of carbonyl (C=O) groups is 2. The van der Waals surface area contributed by atoms with Crippen LogP contribution in [0.25, 0.3) is 0 Å². The molecule has 3 amide bonds. The molecule has 1 aliphatic heterocycles. The first-order valence-electron chi connectivity index (χ1n) is 11.3. The topological polar surface area (TPSA) is 128 Å². The zero-order chi connectivity index (χ0) is 25.8. The molecule has 190 valence electrons. The Bertz CT molecular complexity index is 1160. The molecule has 11 heteroatoms. The maximum absolute atomic E-state index is 13.4. The summed E-state index contributed by atoms with van der Waals surface area (Å²) >= 11 is 0. The highest BCUT2D eigenvalue weighted by Crippen LogP contribution is 2.35. The molecule has 0 radical (unpaired) electrons. The van der Waals surface area contributed by atoms with E-state index in [2.05, 4.69) is 10.0 Å². The second-order valence-electron chi connectivity index (χ2n) is 8.86. The third-order valence-electron chi connectivity index (χ3n) is 5.81. The van der Waals surface area contributed by atoms with E-state index in [9.17, 15) is 23.1 Å². The number of likely N-dealkylation sites (N-methyl/N-ethyl adjacent to an activating group) is 1. The fourth-order valence-electron chi connectivity index (χ4n) is 3.83. The fourth-order valence-corrected chi connectivity index (χ4v) is 4.39. The van der Waals surface area contributed by atoms with Gasteiger partial charge in [-0.2, -0.15) is 0 Å². The molecule has 2 aromatic carbocycles. The van der Waals surface area contributed by atoms with Crippen LogP contribution in [-0.2, 0) is 10.0 Å². The number of aliphatic hydroxyl groups is 1. The predicted octanol–water partition coefficient (Wildman–Crippen LogP) is 2.44. The number of para-hydroxylation sites is 2. The first kappa shape index (κ1) is 26.3. The highest BCUT2D eigenvalue weighted by atomic mass is 32.2. The Morgan fingerprint density at radius 1 is 1.23 bits per heavy atom. The minimum atomic E-state index is -3.66. The van der Waals surface area contributed by atoms with Crippen molar-refractivity contribution in [1.29, 1.82) is 0 Å². The normalized spacial score (nSPS) is 19.0. The van der Waals surface area contributed by atoms with Crippen molar-refractivity contribution >= 4 is 33.3 Å². The molecule has 2 aromatic rings. The van der Waals surface area contributed by atoms with Crippen molar-refractivity contribution in [3.63, 3.8) is 0 Å². The van der Waals surface area contributed by atoms with Crippen LogP contribution in [0.15, 0.2) is 48.5 Å². The summed E-state index contributed by atoms with van der Waals surface area (Å²) in [5.74, 6) is -0.537. The second kappa shape index (κ2) is 11.0. The Labute approximate surface area is 205 Å².